The summed E-state index contributed by atoms with van der Waals surface area (Å²) in [6.45, 7) is 0. The molecular weight excluding hydrogens is 345 g/mol. The third kappa shape index (κ3) is 3.01. The number of alkyl halides is 3. The number of hydrogen-bond acceptors (Lipinski definition) is 4. The Morgan fingerprint density at radius 3 is 2.73 bits per heavy atom. The van der Waals surface area contributed by atoms with E-state index in [0.29, 0.717) is 11.5 Å². The van der Waals surface area contributed by atoms with Gasteiger partial charge in [0.25, 0.3) is 0 Å². The molecule has 132 valence electrons. The number of nitrogens with one attached hydrogen (secondary N) is 1. The maximum Gasteiger partial charge on any atom is 0.573 e. The predicted octanol–water partition coefficient (Wildman–Crippen LogP) is 4.76. The Morgan fingerprint density at radius 2 is 1.92 bits per heavy atom. The molecule has 0 radical (unpaired) electrons. The molecule has 0 spiro atoms. The number of halogens is 3. The third-order valence-corrected chi connectivity index (χ3v) is 3.98. The fourth-order valence-electron chi connectivity index (χ4n) is 2.90. The Kier molecular flexibility index (Phi) is 3.68. The lowest BCUT2D eigenvalue weighted by Crippen LogP contribution is -2.17. The minimum atomic E-state index is -4.73. The molecule has 0 aliphatic rings. The van der Waals surface area contributed by atoms with Gasteiger partial charge in [0.1, 0.15) is 17.2 Å². The van der Waals surface area contributed by atoms with E-state index in [0.717, 1.165) is 21.9 Å². The van der Waals surface area contributed by atoms with Crippen LogP contribution in [-0.2, 0) is 7.05 Å². The molecule has 4 rings (SSSR count). The van der Waals surface area contributed by atoms with Gasteiger partial charge in [-0.25, -0.2) is 4.98 Å². The van der Waals surface area contributed by atoms with E-state index < -0.39 is 6.36 Å². The second-order valence-electron chi connectivity index (χ2n) is 5.72. The second-order valence-corrected chi connectivity index (χ2v) is 5.72. The average Bonchev–Trinajstić information content (AvgIpc) is 2.87. The number of pyridine rings is 2. The molecule has 0 fully saturated rings. The van der Waals surface area contributed by atoms with E-state index in [1.54, 1.807) is 24.5 Å². The number of anilines is 2. The smallest absolute Gasteiger partial charge is 0.406 e. The Morgan fingerprint density at radius 1 is 1.08 bits per heavy atom. The zero-order chi connectivity index (χ0) is 18.3. The van der Waals surface area contributed by atoms with Crippen molar-refractivity contribution in [3.05, 3.63) is 54.9 Å². The van der Waals surface area contributed by atoms with Crippen molar-refractivity contribution in [2.75, 3.05) is 5.32 Å². The summed E-state index contributed by atoms with van der Waals surface area (Å²) in [5.74, 6) is 0.222. The molecule has 0 aliphatic carbocycles. The highest BCUT2D eigenvalue weighted by Gasteiger charge is 2.31. The van der Waals surface area contributed by atoms with Crippen molar-refractivity contribution in [2.24, 2.45) is 7.05 Å². The molecule has 26 heavy (non-hydrogen) atoms. The zero-order valence-corrected chi connectivity index (χ0v) is 13.6. The lowest BCUT2D eigenvalue weighted by Gasteiger charge is -2.11. The highest BCUT2D eigenvalue weighted by molar-refractivity contribution is 6.06. The first-order chi connectivity index (χ1) is 12.4. The molecule has 1 N–H and O–H groups in total. The van der Waals surface area contributed by atoms with E-state index >= 15 is 0 Å². The maximum atomic E-state index is 12.4. The van der Waals surface area contributed by atoms with Crippen LogP contribution < -0.4 is 10.1 Å². The molecular formula is C18H13F3N4O. The van der Waals surface area contributed by atoms with Gasteiger partial charge in [0, 0.05) is 42.0 Å². The lowest BCUT2D eigenvalue weighted by atomic mass is 10.2. The molecule has 3 heterocycles. The largest absolute Gasteiger partial charge is 0.573 e. The van der Waals surface area contributed by atoms with Crippen LogP contribution in [0.25, 0.3) is 21.9 Å². The highest BCUT2D eigenvalue weighted by atomic mass is 19.4. The van der Waals surface area contributed by atoms with Crippen LogP contribution in [0.1, 0.15) is 0 Å². The topological polar surface area (TPSA) is 52.0 Å². The fraction of sp³-hybridized carbons (Fsp3) is 0.111. The van der Waals surface area contributed by atoms with Crippen molar-refractivity contribution < 1.29 is 17.9 Å². The first-order valence-electron chi connectivity index (χ1n) is 7.73. The van der Waals surface area contributed by atoms with Crippen LogP contribution in [0, 0.1) is 0 Å². The van der Waals surface area contributed by atoms with Gasteiger partial charge in [-0.05, 0) is 30.3 Å². The number of benzene rings is 1. The third-order valence-electron chi connectivity index (χ3n) is 3.98. The molecule has 0 saturated carbocycles. The summed E-state index contributed by atoms with van der Waals surface area (Å²) >= 11 is 0. The standard InChI is InChI=1S/C18H13F3N4O/c1-25-15-7-8-22-10-14(15)13-5-6-16(24-17(13)25)23-11-3-2-4-12(9-11)26-18(19,20)21/h2-10H,1H3,(H,23,24). The number of hydrogen-bond donors (Lipinski definition) is 1. The normalized spacial score (nSPS) is 11.8. The summed E-state index contributed by atoms with van der Waals surface area (Å²) in [5.41, 5.74) is 2.19. The molecule has 0 bridgehead atoms. The summed E-state index contributed by atoms with van der Waals surface area (Å²) < 4.78 is 43.0. The molecule has 8 heteroatoms. The van der Waals surface area contributed by atoms with Crippen LogP contribution in [-0.4, -0.2) is 20.9 Å². The number of rotatable bonds is 3. The van der Waals surface area contributed by atoms with E-state index in [1.807, 2.05) is 23.7 Å². The molecule has 0 unspecified atom stereocenters. The first-order valence-corrected chi connectivity index (χ1v) is 7.73. The molecule has 4 aromatic rings. The number of aromatic nitrogens is 3. The van der Waals surface area contributed by atoms with Gasteiger partial charge in [-0.1, -0.05) is 6.07 Å². The summed E-state index contributed by atoms with van der Waals surface area (Å²) in [5, 5.41) is 4.95. The van der Waals surface area contributed by atoms with Gasteiger partial charge < -0.3 is 14.6 Å². The van der Waals surface area contributed by atoms with Crippen molar-refractivity contribution in [1.82, 2.24) is 14.5 Å². The van der Waals surface area contributed by atoms with E-state index in [2.05, 4.69) is 20.0 Å². The molecule has 0 saturated heterocycles. The molecule has 1 aromatic carbocycles. The van der Waals surface area contributed by atoms with Gasteiger partial charge in [-0.2, -0.15) is 0 Å². The van der Waals surface area contributed by atoms with Crippen molar-refractivity contribution in [3.8, 4) is 5.75 Å². The highest BCUT2D eigenvalue weighted by Crippen LogP contribution is 2.29. The van der Waals surface area contributed by atoms with Gasteiger partial charge in [0.15, 0.2) is 0 Å². The van der Waals surface area contributed by atoms with Gasteiger partial charge in [-0.3, -0.25) is 4.98 Å². The van der Waals surface area contributed by atoms with Gasteiger partial charge in [-0.15, -0.1) is 13.2 Å². The van der Waals surface area contributed by atoms with Crippen LogP contribution in [0.4, 0.5) is 24.7 Å². The Labute approximate surface area is 146 Å². The molecule has 3 aromatic heterocycles. The van der Waals surface area contributed by atoms with Gasteiger partial charge in [0.05, 0.1) is 5.52 Å². The van der Waals surface area contributed by atoms with E-state index in [-0.39, 0.29) is 5.75 Å². The van der Waals surface area contributed by atoms with Crippen LogP contribution in [0.2, 0.25) is 0 Å². The molecule has 5 nitrogen and oxygen atoms in total. The second kappa shape index (κ2) is 5.91. The fourth-order valence-corrected chi connectivity index (χ4v) is 2.90. The van der Waals surface area contributed by atoms with E-state index in [4.69, 9.17) is 0 Å². The van der Waals surface area contributed by atoms with Crippen molar-refractivity contribution >= 4 is 33.4 Å². The van der Waals surface area contributed by atoms with Crippen LogP contribution >= 0.6 is 0 Å². The lowest BCUT2D eigenvalue weighted by molar-refractivity contribution is -0.274. The van der Waals surface area contributed by atoms with E-state index in [1.165, 1.54) is 18.2 Å². The summed E-state index contributed by atoms with van der Waals surface area (Å²) in [6.07, 6.45) is -1.23. The average molecular weight is 358 g/mol. The monoisotopic (exact) mass is 358 g/mol. The number of nitrogens with zero attached hydrogens (tertiary/aromatic N) is 3. The quantitative estimate of drug-likeness (QED) is 0.573. The maximum absolute atomic E-state index is 12.4. The summed E-state index contributed by atoms with van der Waals surface area (Å²) in [4.78, 5) is 8.72. The molecule has 0 atom stereocenters. The summed E-state index contributed by atoms with van der Waals surface area (Å²) in [6, 6.07) is 11.2. The van der Waals surface area contributed by atoms with Crippen molar-refractivity contribution in [3.63, 3.8) is 0 Å². The Hall–Kier alpha value is -3.29. The minimum Gasteiger partial charge on any atom is -0.406 e. The van der Waals surface area contributed by atoms with Crippen LogP contribution in [0.15, 0.2) is 54.9 Å². The first kappa shape index (κ1) is 16.2. The number of aryl methyl sites for hydroxylation is 1. The van der Waals surface area contributed by atoms with Crippen LogP contribution in [0.3, 0.4) is 0 Å². The summed E-state index contributed by atoms with van der Waals surface area (Å²) in [7, 11) is 1.90. The zero-order valence-electron chi connectivity index (χ0n) is 13.6. The molecule has 0 amide bonds. The predicted molar refractivity (Wildman–Crippen MR) is 92.4 cm³/mol. The Bertz CT molecular complexity index is 1100. The number of ether oxygens (including phenoxy) is 1. The SMILES string of the molecule is Cn1c2ccncc2c2ccc(Nc3cccc(OC(F)(F)F)c3)nc21. The minimum absolute atomic E-state index is 0.292. The Balaban J connectivity index is 1.69. The number of fused-ring (bicyclic) bond motifs is 3. The van der Waals surface area contributed by atoms with E-state index in [9.17, 15) is 13.2 Å². The van der Waals surface area contributed by atoms with Gasteiger partial charge >= 0.3 is 6.36 Å². The van der Waals surface area contributed by atoms with Crippen molar-refractivity contribution in [2.45, 2.75) is 6.36 Å². The van der Waals surface area contributed by atoms with Gasteiger partial charge in [0.2, 0.25) is 0 Å². The van der Waals surface area contributed by atoms with Crippen molar-refractivity contribution in [1.29, 1.82) is 0 Å². The molecule has 0 aliphatic heterocycles. The van der Waals surface area contributed by atoms with Crippen LogP contribution in [0.5, 0.6) is 5.75 Å².